The van der Waals surface area contributed by atoms with Crippen LogP contribution in [-0.4, -0.2) is 30.6 Å². The number of fused-ring (bicyclic) bond motifs is 3. The molecule has 0 saturated carbocycles. The molecule has 3 aliphatic rings. The third kappa shape index (κ3) is 1.70. The largest absolute Gasteiger partial charge is 0.355 e. The van der Waals surface area contributed by atoms with Crippen molar-refractivity contribution in [2.24, 2.45) is 0 Å². The average Bonchev–Trinajstić information content (AvgIpc) is 2.92. The Morgan fingerprint density at radius 3 is 2.60 bits per heavy atom. The predicted molar refractivity (Wildman–Crippen MR) is 72.2 cm³/mol. The highest BCUT2D eigenvalue weighted by atomic mass is 16.5. The number of hydrogen-bond acceptors (Lipinski definition) is 4. The second-order valence-electron chi connectivity index (χ2n) is 5.58. The summed E-state index contributed by atoms with van der Waals surface area (Å²) in [6, 6.07) is 5.87. The Morgan fingerprint density at radius 1 is 1.10 bits per heavy atom. The minimum atomic E-state index is -0.438. The van der Waals surface area contributed by atoms with Gasteiger partial charge in [0.15, 0.2) is 0 Å². The summed E-state index contributed by atoms with van der Waals surface area (Å²) in [5, 5.41) is 3.31. The van der Waals surface area contributed by atoms with Crippen LogP contribution >= 0.6 is 0 Å². The number of carbonyl (C=O) groups is 2. The third-order valence-corrected chi connectivity index (χ3v) is 4.35. The van der Waals surface area contributed by atoms with Gasteiger partial charge in [0.2, 0.25) is 0 Å². The molecule has 0 aliphatic carbocycles. The van der Waals surface area contributed by atoms with E-state index in [4.69, 9.17) is 4.74 Å². The van der Waals surface area contributed by atoms with Gasteiger partial charge >= 0.3 is 0 Å². The molecule has 4 rings (SSSR count). The van der Waals surface area contributed by atoms with E-state index >= 15 is 0 Å². The van der Waals surface area contributed by atoms with Gasteiger partial charge in [-0.2, -0.15) is 0 Å². The van der Waals surface area contributed by atoms with Gasteiger partial charge in [0.1, 0.15) is 12.2 Å². The molecule has 104 valence electrons. The minimum absolute atomic E-state index is 0.215. The molecular weight excluding hydrogens is 256 g/mol. The van der Waals surface area contributed by atoms with E-state index in [1.54, 1.807) is 0 Å². The molecular formula is C15H16N2O3. The number of hydrogen-bond donors (Lipinski definition) is 1. The topological polar surface area (TPSA) is 58.6 Å². The summed E-state index contributed by atoms with van der Waals surface area (Å²) in [4.78, 5) is 26.0. The predicted octanol–water partition coefficient (Wildman–Crippen LogP) is 0.753. The number of amides is 2. The lowest BCUT2D eigenvalue weighted by Gasteiger charge is -2.30. The van der Waals surface area contributed by atoms with Crippen molar-refractivity contribution in [2.45, 2.75) is 38.0 Å². The Bertz CT molecular complexity index is 577. The Morgan fingerprint density at radius 2 is 1.85 bits per heavy atom. The first-order valence-electron chi connectivity index (χ1n) is 7.10. The Hall–Kier alpha value is -1.72. The maximum absolute atomic E-state index is 12.3. The standard InChI is InChI=1S/C15H16N2O3/c18-14-12-3-4-13(20-12)15(19)17(14)11-2-1-9-5-6-16-8-10(9)7-11/h1-2,7,12-13,16H,3-6,8H2. The van der Waals surface area contributed by atoms with Crippen molar-refractivity contribution >= 4 is 17.5 Å². The fraction of sp³-hybridized carbons (Fsp3) is 0.467. The Balaban J connectivity index is 1.73. The van der Waals surface area contributed by atoms with Crippen molar-refractivity contribution in [3.05, 3.63) is 29.3 Å². The van der Waals surface area contributed by atoms with Gasteiger partial charge in [-0.3, -0.25) is 9.59 Å². The summed E-state index contributed by atoms with van der Waals surface area (Å²) < 4.78 is 5.43. The summed E-state index contributed by atoms with van der Waals surface area (Å²) in [6.45, 7) is 1.77. The number of anilines is 1. The van der Waals surface area contributed by atoms with Crippen LogP contribution in [0.4, 0.5) is 5.69 Å². The second kappa shape index (κ2) is 4.40. The van der Waals surface area contributed by atoms with Gasteiger partial charge in [0.05, 0.1) is 5.69 Å². The van der Waals surface area contributed by atoms with Gasteiger partial charge in [-0.15, -0.1) is 0 Å². The number of ether oxygens (including phenoxy) is 1. The van der Waals surface area contributed by atoms with Crippen molar-refractivity contribution in [2.75, 3.05) is 11.4 Å². The van der Waals surface area contributed by atoms with Crippen molar-refractivity contribution < 1.29 is 14.3 Å². The lowest BCUT2D eigenvalue weighted by molar-refractivity contribution is -0.146. The lowest BCUT2D eigenvalue weighted by atomic mass is 10.00. The summed E-state index contributed by atoms with van der Waals surface area (Å²) in [5.41, 5.74) is 3.15. The molecule has 0 spiro atoms. The van der Waals surface area contributed by atoms with E-state index in [1.165, 1.54) is 16.0 Å². The number of imide groups is 1. The number of morpholine rings is 1. The van der Waals surface area contributed by atoms with Gasteiger partial charge in [-0.1, -0.05) is 6.07 Å². The monoisotopic (exact) mass is 272 g/mol. The molecule has 3 aliphatic heterocycles. The third-order valence-electron chi connectivity index (χ3n) is 4.35. The number of rotatable bonds is 1. The minimum Gasteiger partial charge on any atom is -0.355 e. The van der Waals surface area contributed by atoms with Gasteiger partial charge in [-0.25, -0.2) is 4.90 Å². The molecule has 3 heterocycles. The fourth-order valence-corrected chi connectivity index (χ4v) is 3.26. The maximum Gasteiger partial charge on any atom is 0.262 e. The number of nitrogens with one attached hydrogen (secondary N) is 1. The molecule has 1 aromatic carbocycles. The van der Waals surface area contributed by atoms with E-state index < -0.39 is 12.2 Å². The van der Waals surface area contributed by atoms with Gasteiger partial charge in [0, 0.05) is 6.54 Å². The number of benzene rings is 1. The van der Waals surface area contributed by atoms with Crippen LogP contribution in [0.2, 0.25) is 0 Å². The van der Waals surface area contributed by atoms with Crippen molar-refractivity contribution in [3.8, 4) is 0 Å². The summed E-state index contributed by atoms with van der Waals surface area (Å²) in [7, 11) is 0. The molecule has 2 unspecified atom stereocenters. The van der Waals surface area contributed by atoms with Gasteiger partial charge in [0.25, 0.3) is 11.8 Å². The van der Waals surface area contributed by atoms with E-state index in [2.05, 4.69) is 5.32 Å². The first kappa shape index (κ1) is 12.1. The lowest BCUT2D eigenvalue weighted by Crippen LogP contribution is -2.52. The van der Waals surface area contributed by atoms with Crippen LogP contribution in [0.15, 0.2) is 18.2 Å². The average molecular weight is 272 g/mol. The highest BCUT2D eigenvalue weighted by molar-refractivity contribution is 6.19. The zero-order valence-electron chi connectivity index (χ0n) is 11.1. The van der Waals surface area contributed by atoms with Crippen molar-refractivity contribution in [3.63, 3.8) is 0 Å². The fourth-order valence-electron chi connectivity index (χ4n) is 3.26. The molecule has 5 nitrogen and oxygen atoms in total. The van der Waals surface area contributed by atoms with Crippen LogP contribution in [0, 0.1) is 0 Å². The SMILES string of the molecule is O=C1C2CCC(O2)C(=O)N1c1ccc2c(c1)CNCC2. The summed E-state index contributed by atoms with van der Waals surface area (Å²) in [6.07, 6.45) is 1.42. The molecule has 20 heavy (non-hydrogen) atoms. The highest BCUT2D eigenvalue weighted by Crippen LogP contribution is 2.32. The van der Waals surface area contributed by atoms with Crippen LogP contribution in [-0.2, 0) is 27.3 Å². The van der Waals surface area contributed by atoms with Crippen LogP contribution in [0.5, 0.6) is 0 Å². The summed E-state index contributed by atoms with van der Waals surface area (Å²) >= 11 is 0. The first-order valence-corrected chi connectivity index (χ1v) is 7.10. The normalized spacial score (nSPS) is 28.7. The molecule has 2 bridgehead atoms. The highest BCUT2D eigenvalue weighted by Gasteiger charge is 2.47. The zero-order valence-corrected chi connectivity index (χ0v) is 11.1. The van der Waals surface area contributed by atoms with Gasteiger partial charge < -0.3 is 10.1 Å². The summed E-state index contributed by atoms with van der Waals surface area (Å²) in [5.74, 6) is -0.431. The Kier molecular flexibility index (Phi) is 2.65. The van der Waals surface area contributed by atoms with Crippen LogP contribution in [0.1, 0.15) is 24.0 Å². The van der Waals surface area contributed by atoms with Crippen LogP contribution in [0.3, 0.4) is 0 Å². The molecule has 0 radical (unpaired) electrons. The second-order valence-corrected chi connectivity index (χ2v) is 5.58. The molecule has 2 atom stereocenters. The molecule has 1 N–H and O–H groups in total. The van der Waals surface area contributed by atoms with Crippen LogP contribution < -0.4 is 10.2 Å². The van der Waals surface area contributed by atoms with E-state index in [9.17, 15) is 9.59 Å². The van der Waals surface area contributed by atoms with Gasteiger partial charge in [-0.05, 0) is 49.1 Å². The molecule has 2 saturated heterocycles. The molecule has 5 heteroatoms. The molecule has 0 aromatic heterocycles. The van der Waals surface area contributed by atoms with Crippen molar-refractivity contribution in [1.82, 2.24) is 5.32 Å². The van der Waals surface area contributed by atoms with E-state index in [0.29, 0.717) is 18.5 Å². The maximum atomic E-state index is 12.3. The molecule has 2 amide bonds. The number of nitrogens with zero attached hydrogens (tertiary/aromatic N) is 1. The van der Waals surface area contributed by atoms with E-state index in [0.717, 1.165) is 19.5 Å². The van der Waals surface area contributed by atoms with E-state index in [-0.39, 0.29) is 11.8 Å². The van der Waals surface area contributed by atoms with E-state index in [1.807, 2.05) is 18.2 Å². The zero-order chi connectivity index (χ0) is 13.7. The quantitative estimate of drug-likeness (QED) is 0.767. The molecule has 1 aromatic rings. The number of carbonyl (C=O) groups excluding carboxylic acids is 2. The molecule has 2 fully saturated rings. The van der Waals surface area contributed by atoms with Crippen LogP contribution in [0.25, 0.3) is 0 Å². The first-order chi connectivity index (χ1) is 9.74. The van der Waals surface area contributed by atoms with Crippen molar-refractivity contribution in [1.29, 1.82) is 0 Å². The smallest absolute Gasteiger partial charge is 0.262 e. The Labute approximate surface area is 116 Å².